The van der Waals surface area contributed by atoms with Crippen LogP contribution in [0.4, 0.5) is 10.6 Å². The average Bonchev–Trinajstić information content (AvgIpc) is 2.84. The van der Waals surface area contributed by atoms with Crippen molar-refractivity contribution in [2.45, 2.75) is 39.2 Å². The number of carbonyl (C=O) groups excluding carboxylic acids is 1. The van der Waals surface area contributed by atoms with Crippen molar-refractivity contribution in [2.75, 3.05) is 11.9 Å². The minimum Gasteiger partial charge on any atom is -0.396 e. The van der Waals surface area contributed by atoms with E-state index in [0.717, 1.165) is 25.0 Å². The zero-order chi connectivity index (χ0) is 14.0. The molecular weight excluding hydrogens is 244 g/mol. The summed E-state index contributed by atoms with van der Waals surface area (Å²) in [4.78, 5) is 12.0. The lowest BCUT2D eigenvalue weighted by Crippen LogP contribution is -2.46. The monoisotopic (exact) mass is 266 g/mol. The SMILES string of the molecule is Cc1cc(NC(=O)NC2CCCC2(C)CO)n(C)n1. The van der Waals surface area contributed by atoms with Crippen LogP contribution in [-0.2, 0) is 7.05 Å². The number of carbonyl (C=O) groups is 1. The van der Waals surface area contributed by atoms with Gasteiger partial charge in [-0.25, -0.2) is 4.79 Å². The summed E-state index contributed by atoms with van der Waals surface area (Å²) < 4.78 is 1.63. The number of aromatic nitrogens is 2. The van der Waals surface area contributed by atoms with Crippen molar-refractivity contribution < 1.29 is 9.90 Å². The van der Waals surface area contributed by atoms with E-state index < -0.39 is 0 Å². The molecule has 6 heteroatoms. The van der Waals surface area contributed by atoms with Crippen LogP contribution in [-0.4, -0.2) is 33.6 Å². The highest BCUT2D eigenvalue weighted by Gasteiger charge is 2.39. The van der Waals surface area contributed by atoms with Gasteiger partial charge in [-0.3, -0.25) is 10.00 Å². The molecule has 3 N–H and O–H groups in total. The van der Waals surface area contributed by atoms with E-state index >= 15 is 0 Å². The number of nitrogens with one attached hydrogen (secondary N) is 2. The Morgan fingerprint density at radius 3 is 3.00 bits per heavy atom. The molecule has 6 nitrogen and oxygen atoms in total. The van der Waals surface area contributed by atoms with Crippen LogP contribution in [0.3, 0.4) is 0 Å². The Hall–Kier alpha value is -1.56. The second kappa shape index (κ2) is 5.21. The molecule has 1 fully saturated rings. The third-order valence-electron chi connectivity index (χ3n) is 3.99. The maximum Gasteiger partial charge on any atom is 0.320 e. The highest BCUT2D eigenvalue weighted by molar-refractivity contribution is 5.88. The summed E-state index contributed by atoms with van der Waals surface area (Å²) in [5.41, 5.74) is 0.651. The predicted octanol–water partition coefficient (Wildman–Crippen LogP) is 1.40. The molecule has 0 bridgehead atoms. The van der Waals surface area contributed by atoms with Gasteiger partial charge in [-0.1, -0.05) is 13.3 Å². The van der Waals surface area contributed by atoms with Crippen molar-refractivity contribution in [1.29, 1.82) is 0 Å². The Bertz CT molecular complexity index is 471. The number of aliphatic hydroxyl groups excluding tert-OH is 1. The summed E-state index contributed by atoms with van der Waals surface area (Å²) in [6, 6.07) is 1.60. The molecule has 2 unspecified atom stereocenters. The van der Waals surface area contributed by atoms with Crippen LogP contribution < -0.4 is 10.6 Å². The second-order valence-corrected chi connectivity index (χ2v) is 5.65. The largest absolute Gasteiger partial charge is 0.396 e. The minimum atomic E-state index is -0.241. The van der Waals surface area contributed by atoms with Crippen molar-refractivity contribution in [3.63, 3.8) is 0 Å². The highest BCUT2D eigenvalue weighted by Crippen LogP contribution is 2.37. The third kappa shape index (κ3) is 2.89. The van der Waals surface area contributed by atoms with Gasteiger partial charge in [0.05, 0.1) is 12.3 Å². The molecule has 1 heterocycles. The number of aryl methyl sites for hydroxylation is 2. The molecular formula is C13H22N4O2. The molecule has 19 heavy (non-hydrogen) atoms. The van der Waals surface area contributed by atoms with Crippen LogP contribution in [0.15, 0.2) is 6.07 Å². The Labute approximate surface area is 113 Å². The number of urea groups is 1. The second-order valence-electron chi connectivity index (χ2n) is 5.65. The number of anilines is 1. The Morgan fingerprint density at radius 2 is 2.42 bits per heavy atom. The summed E-state index contributed by atoms with van der Waals surface area (Å²) in [5.74, 6) is 0.665. The van der Waals surface area contributed by atoms with Crippen LogP contribution >= 0.6 is 0 Å². The van der Waals surface area contributed by atoms with Gasteiger partial charge in [0, 0.05) is 24.6 Å². The minimum absolute atomic E-state index is 0.0202. The molecule has 0 aliphatic heterocycles. The summed E-state index contributed by atoms with van der Waals surface area (Å²) in [6.07, 6.45) is 2.89. The molecule has 1 saturated carbocycles. The molecule has 0 saturated heterocycles. The fraction of sp³-hybridized carbons (Fsp3) is 0.692. The first-order valence-electron chi connectivity index (χ1n) is 6.63. The normalized spacial score (nSPS) is 26.4. The van der Waals surface area contributed by atoms with E-state index in [9.17, 15) is 9.90 Å². The van der Waals surface area contributed by atoms with E-state index in [1.54, 1.807) is 11.7 Å². The van der Waals surface area contributed by atoms with Crippen LogP contribution in [0.5, 0.6) is 0 Å². The van der Waals surface area contributed by atoms with Crippen LogP contribution in [0.2, 0.25) is 0 Å². The van der Waals surface area contributed by atoms with E-state index in [4.69, 9.17) is 0 Å². The molecule has 106 valence electrons. The molecule has 1 aromatic heterocycles. The standard InChI is InChI=1S/C13H22N4O2/c1-9-7-11(17(3)16-9)15-12(19)14-10-5-4-6-13(10,2)8-18/h7,10,18H,4-6,8H2,1-3H3,(H2,14,15,19). The summed E-state index contributed by atoms with van der Waals surface area (Å²) in [7, 11) is 1.79. The zero-order valence-electron chi connectivity index (χ0n) is 11.7. The van der Waals surface area contributed by atoms with E-state index in [-0.39, 0.29) is 24.1 Å². The van der Waals surface area contributed by atoms with Gasteiger partial charge >= 0.3 is 6.03 Å². The summed E-state index contributed by atoms with van der Waals surface area (Å²) >= 11 is 0. The Balaban J connectivity index is 1.96. The van der Waals surface area contributed by atoms with Gasteiger partial charge < -0.3 is 10.4 Å². The summed E-state index contributed by atoms with van der Waals surface area (Å²) in [6.45, 7) is 3.99. The van der Waals surface area contributed by atoms with Gasteiger partial charge in [0.2, 0.25) is 0 Å². The van der Waals surface area contributed by atoms with E-state index in [1.165, 1.54) is 0 Å². The number of amides is 2. The summed E-state index contributed by atoms with van der Waals surface area (Å²) in [5, 5.41) is 19.4. The molecule has 0 aromatic carbocycles. The first-order valence-corrected chi connectivity index (χ1v) is 6.63. The van der Waals surface area contributed by atoms with Crippen LogP contribution in [0.1, 0.15) is 31.9 Å². The van der Waals surface area contributed by atoms with E-state index in [1.807, 2.05) is 19.9 Å². The zero-order valence-corrected chi connectivity index (χ0v) is 11.7. The topological polar surface area (TPSA) is 79.2 Å². The van der Waals surface area contributed by atoms with Crippen molar-refractivity contribution in [3.05, 3.63) is 11.8 Å². The van der Waals surface area contributed by atoms with Crippen molar-refractivity contribution in [3.8, 4) is 0 Å². The molecule has 2 atom stereocenters. The Kier molecular flexibility index (Phi) is 3.80. The molecule has 1 aliphatic carbocycles. The lowest BCUT2D eigenvalue weighted by molar-refractivity contribution is 0.122. The number of hydrogen-bond acceptors (Lipinski definition) is 3. The highest BCUT2D eigenvalue weighted by atomic mass is 16.3. The van der Waals surface area contributed by atoms with Crippen LogP contribution in [0.25, 0.3) is 0 Å². The van der Waals surface area contributed by atoms with Crippen LogP contribution in [0, 0.1) is 12.3 Å². The van der Waals surface area contributed by atoms with Gasteiger partial charge in [-0.15, -0.1) is 0 Å². The first-order chi connectivity index (χ1) is 8.94. The Morgan fingerprint density at radius 1 is 1.68 bits per heavy atom. The quantitative estimate of drug-likeness (QED) is 0.773. The lowest BCUT2D eigenvalue weighted by atomic mass is 9.86. The maximum absolute atomic E-state index is 12.0. The van der Waals surface area contributed by atoms with Gasteiger partial charge in [0.15, 0.2) is 0 Å². The number of hydrogen-bond donors (Lipinski definition) is 3. The maximum atomic E-state index is 12.0. The van der Waals surface area contributed by atoms with Gasteiger partial charge in [-0.2, -0.15) is 5.10 Å². The predicted molar refractivity (Wildman–Crippen MR) is 72.9 cm³/mol. The van der Waals surface area contributed by atoms with Gasteiger partial charge in [0.1, 0.15) is 5.82 Å². The molecule has 0 spiro atoms. The third-order valence-corrected chi connectivity index (χ3v) is 3.99. The number of nitrogens with zero attached hydrogens (tertiary/aromatic N) is 2. The van der Waals surface area contributed by atoms with Crippen molar-refractivity contribution in [1.82, 2.24) is 15.1 Å². The molecule has 2 amide bonds. The van der Waals surface area contributed by atoms with Crippen molar-refractivity contribution >= 4 is 11.8 Å². The first kappa shape index (κ1) is 13.9. The fourth-order valence-corrected chi connectivity index (χ4v) is 2.71. The molecule has 1 aliphatic rings. The molecule has 1 aromatic rings. The van der Waals surface area contributed by atoms with Crippen molar-refractivity contribution in [2.24, 2.45) is 12.5 Å². The van der Waals surface area contributed by atoms with E-state index in [0.29, 0.717) is 5.82 Å². The average molecular weight is 266 g/mol. The van der Waals surface area contributed by atoms with Gasteiger partial charge in [-0.05, 0) is 19.8 Å². The smallest absolute Gasteiger partial charge is 0.320 e. The fourth-order valence-electron chi connectivity index (χ4n) is 2.71. The molecule has 2 rings (SSSR count). The molecule has 0 radical (unpaired) electrons. The number of aliphatic hydroxyl groups is 1. The lowest BCUT2D eigenvalue weighted by Gasteiger charge is -2.30. The number of rotatable bonds is 3. The van der Waals surface area contributed by atoms with Gasteiger partial charge in [0.25, 0.3) is 0 Å². The van der Waals surface area contributed by atoms with E-state index in [2.05, 4.69) is 15.7 Å².